The average Bonchev–Trinajstić information content (AvgIpc) is 2.43. The Labute approximate surface area is 99.2 Å². The van der Waals surface area contributed by atoms with Crippen molar-refractivity contribution in [2.45, 2.75) is 76.2 Å². The molecule has 4 unspecified atom stereocenters. The fraction of sp³-hybridized carbons (Fsp3) is 1.00. The van der Waals surface area contributed by atoms with Crippen molar-refractivity contribution in [3.05, 3.63) is 0 Å². The maximum absolute atomic E-state index is 9.36. The molecular weight excluding hydrogens is 200 g/mol. The molecule has 0 amide bonds. The topological polar surface area (TPSA) is 35.5 Å². The Morgan fingerprint density at radius 1 is 1.25 bits per heavy atom. The van der Waals surface area contributed by atoms with Crippen molar-refractivity contribution >= 4 is 0 Å². The van der Waals surface area contributed by atoms with Gasteiger partial charge in [-0.15, -0.1) is 0 Å². The van der Waals surface area contributed by atoms with E-state index in [1.54, 1.807) is 0 Å². The van der Waals surface area contributed by atoms with Gasteiger partial charge in [-0.2, -0.15) is 0 Å². The van der Waals surface area contributed by atoms with Crippen LogP contribution in [0.1, 0.15) is 46.0 Å². The summed E-state index contributed by atoms with van der Waals surface area (Å²) >= 11 is 0. The van der Waals surface area contributed by atoms with Crippen molar-refractivity contribution in [1.29, 1.82) is 0 Å². The Kier molecular flexibility index (Phi) is 3.88. The smallest absolute Gasteiger partial charge is 0.0526 e. The molecule has 2 heterocycles. The van der Waals surface area contributed by atoms with Gasteiger partial charge in [0.05, 0.1) is 6.10 Å². The average molecular weight is 226 g/mol. The summed E-state index contributed by atoms with van der Waals surface area (Å²) in [5.74, 6) is 0. The van der Waals surface area contributed by atoms with Gasteiger partial charge in [0.1, 0.15) is 0 Å². The standard InChI is InChI=1S/C13H26N2O/c1-9(6-10(2)16)14-11-7-12-4-5-13(8-11)15(12)3/h9-14,16H,4-8H2,1-3H3. The maximum atomic E-state index is 9.36. The van der Waals surface area contributed by atoms with Gasteiger partial charge in [0.15, 0.2) is 0 Å². The van der Waals surface area contributed by atoms with Gasteiger partial charge in [0.25, 0.3) is 0 Å². The largest absolute Gasteiger partial charge is 0.393 e. The lowest BCUT2D eigenvalue weighted by atomic mass is 9.96. The number of hydrogen-bond acceptors (Lipinski definition) is 3. The second-order valence-electron chi connectivity index (χ2n) is 5.87. The number of aliphatic hydroxyl groups excluding tert-OH is 1. The third kappa shape index (κ3) is 2.76. The van der Waals surface area contributed by atoms with E-state index in [4.69, 9.17) is 0 Å². The summed E-state index contributed by atoms with van der Waals surface area (Å²) in [7, 11) is 2.28. The number of nitrogens with one attached hydrogen (secondary N) is 1. The van der Waals surface area contributed by atoms with Gasteiger partial charge >= 0.3 is 0 Å². The molecule has 2 fully saturated rings. The van der Waals surface area contributed by atoms with Crippen molar-refractivity contribution in [3.63, 3.8) is 0 Å². The van der Waals surface area contributed by atoms with Crippen LogP contribution in [-0.2, 0) is 0 Å². The molecule has 2 saturated heterocycles. The van der Waals surface area contributed by atoms with Crippen LogP contribution in [0.2, 0.25) is 0 Å². The Hall–Kier alpha value is -0.120. The molecule has 4 atom stereocenters. The summed E-state index contributed by atoms with van der Waals surface area (Å²) in [6.07, 6.45) is 6.01. The molecule has 0 radical (unpaired) electrons. The molecule has 0 saturated carbocycles. The molecule has 16 heavy (non-hydrogen) atoms. The van der Waals surface area contributed by atoms with Crippen molar-refractivity contribution in [1.82, 2.24) is 10.2 Å². The van der Waals surface area contributed by atoms with E-state index in [1.165, 1.54) is 25.7 Å². The van der Waals surface area contributed by atoms with Crippen LogP contribution in [0.15, 0.2) is 0 Å². The molecule has 0 aromatic heterocycles. The minimum atomic E-state index is -0.189. The molecule has 0 aromatic carbocycles. The lowest BCUT2D eigenvalue weighted by molar-refractivity contribution is 0.130. The van der Waals surface area contributed by atoms with Crippen LogP contribution >= 0.6 is 0 Å². The van der Waals surface area contributed by atoms with E-state index in [0.717, 1.165) is 18.5 Å². The number of aliphatic hydroxyl groups is 1. The molecule has 2 aliphatic rings. The van der Waals surface area contributed by atoms with Gasteiger partial charge in [0, 0.05) is 24.2 Å². The summed E-state index contributed by atoms with van der Waals surface area (Å²) in [6, 6.07) is 2.71. The van der Waals surface area contributed by atoms with E-state index in [9.17, 15) is 5.11 Å². The fourth-order valence-electron chi connectivity index (χ4n) is 3.53. The van der Waals surface area contributed by atoms with Crippen LogP contribution < -0.4 is 5.32 Å². The lowest BCUT2D eigenvalue weighted by Gasteiger charge is -2.38. The first-order valence-electron chi connectivity index (χ1n) is 6.72. The first kappa shape index (κ1) is 12.3. The Bertz CT molecular complexity index is 218. The molecule has 94 valence electrons. The van der Waals surface area contributed by atoms with E-state index in [-0.39, 0.29) is 6.10 Å². The third-order valence-electron chi connectivity index (χ3n) is 4.31. The summed E-state index contributed by atoms with van der Waals surface area (Å²) < 4.78 is 0. The first-order valence-corrected chi connectivity index (χ1v) is 6.72. The zero-order valence-electron chi connectivity index (χ0n) is 10.8. The lowest BCUT2D eigenvalue weighted by Crippen LogP contribution is -2.49. The van der Waals surface area contributed by atoms with Crippen LogP contribution in [0.5, 0.6) is 0 Å². The zero-order valence-corrected chi connectivity index (χ0v) is 10.8. The molecule has 2 bridgehead atoms. The highest BCUT2D eigenvalue weighted by Crippen LogP contribution is 2.34. The SMILES string of the molecule is CC(O)CC(C)NC1CC2CCC(C1)N2C. The van der Waals surface area contributed by atoms with E-state index in [2.05, 4.69) is 24.2 Å². The fourth-order valence-corrected chi connectivity index (χ4v) is 3.53. The quantitative estimate of drug-likeness (QED) is 0.760. The third-order valence-corrected chi connectivity index (χ3v) is 4.31. The summed E-state index contributed by atoms with van der Waals surface area (Å²) in [5.41, 5.74) is 0. The number of rotatable bonds is 4. The van der Waals surface area contributed by atoms with Gasteiger partial charge in [-0.25, -0.2) is 0 Å². The molecule has 0 aromatic rings. The number of piperidine rings is 1. The summed E-state index contributed by atoms with van der Waals surface area (Å²) in [4.78, 5) is 2.57. The van der Waals surface area contributed by atoms with Crippen LogP contribution in [0.3, 0.4) is 0 Å². The zero-order chi connectivity index (χ0) is 11.7. The van der Waals surface area contributed by atoms with Crippen molar-refractivity contribution in [2.75, 3.05) is 7.05 Å². The van der Waals surface area contributed by atoms with Gasteiger partial charge < -0.3 is 15.3 Å². The molecule has 0 aliphatic carbocycles. The van der Waals surface area contributed by atoms with Crippen molar-refractivity contribution < 1.29 is 5.11 Å². The highest BCUT2D eigenvalue weighted by molar-refractivity contribution is 4.96. The van der Waals surface area contributed by atoms with E-state index in [1.807, 2.05) is 6.92 Å². The second kappa shape index (κ2) is 5.03. The van der Waals surface area contributed by atoms with E-state index >= 15 is 0 Å². The van der Waals surface area contributed by atoms with Crippen LogP contribution in [0, 0.1) is 0 Å². The predicted octanol–water partition coefficient (Wildman–Crippen LogP) is 1.36. The maximum Gasteiger partial charge on any atom is 0.0526 e. The number of nitrogens with zero attached hydrogens (tertiary/aromatic N) is 1. The molecule has 3 heteroatoms. The summed E-state index contributed by atoms with van der Waals surface area (Å²) in [6.45, 7) is 4.06. The Balaban J connectivity index is 1.80. The predicted molar refractivity (Wildman–Crippen MR) is 66.5 cm³/mol. The number of hydrogen-bond donors (Lipinski definition) is 2. The molecule has 0 spiro atoms. The molecule has 2 N–H and O–H groups in total. The highest BCUT2D eigenvalue weighted by Gasteiger charge is 2.38. The van der Waals surface area contributed by atoms with E-state index < -0.39 is 0 Å². The number of fused-ring (bicyclic) bond motifs is 2. The van der Waals surface area contributed by atoms with Gasteiger partial charge in [-0.3, -0.25) is 0 Å². The van der Waals surface area contributed by atoms with Gasteiger partial charge in [-0.05, 0) is 53.0 Å². The van der Waals surface area contributed by atoms with Crippen molar-refractivity contribution in [2.24, 2.45) is 0 Å². The normalized spacial score (nSPS) is 38.6. The van der Waals surface area contributed by atoms with Crippen LogP contribution in [-0.4, -0.2) is 47.3 Å². The van der Waals surface area contributed by atoms with Gasteiger partial charge in [-0.1, -0.05) is 0 Å². The minimum Gasteiger partial charge on any atom is -0.393 e. The molecule has 3 nitrogen and oxygen atoms in total. The summed E-state index contributed by atoms with van der Waals surface area (Å²) in [5, 5.41) is 13.0. The second-order valence-corrected chi connectivity index (χ2v) is 5.87. The molecule has 2 rings (SSSR count). The Morgan fingerprint density at radius 3 is 2.31 bits per heavy atom. The monoisotopic (exact) mass is 226 g/mol. The highest BCUT2D eigenvalue weighted by atomic mass is 16.3. The van der Waals surface area contributed by atoms with Crippen LogP contribution in [0.4, 0.5) is 0 Å². The Morgan fingerprint density at radius 2 is 1.81 bits per heavy atom. The van der Waals surface area contributed by atoms with Crippen molar-refractivity contribution in [3.8, 4) is 0 Å². The van der Waals surface area contributed by atoms with Gasteiger partial charge in [0.2, 0.25) is 0 Å². The van der Waals surface area contributed by atoms with E-state index in [0.29, 0.717) is 12.1 Å². The first-order chi connectivity index (χ1) is 7.56. The molecule has 2 aliphatic heterocycles. The van der Waals surface area contributed by atoms with Crippen LogP contribution in [0.25, 0.3) is 0 Å². The molecular formula is C13H26N2O. The minimum absolute atomic E-state index is 0.189.